The molecular formula is C32H42FN5O5. The molecule has 1 aliphatic carbocycles. The van der Waals surface area contributed by atoms with Crippen molar-refractivity contribution in [1.82, 2.24) is 19.5 Å². The van der Waals surface area contributed by atoms with Crippen molar-refractivity contribution in [1.29, 1.82) is 0 Å². The summed E-state index contributed by atoms with van der Waals surface area (Å²) in [5.74, 6) is 0.410. The van der Waals surface area contributed by atoms with Crippen LogP contribution in [0, 0.1) is 12.7 Å². The van der Waals surface area contributed by atoms with Gasteiger partial charge in [-0.3, -0.25) is 0 Å². The Morgan fingerprint density at radius 1 is 0.977 bits per heavy atom. The lowest BCUT2D eigenvalue weighted by atomic mass is 9.81. The number of amides is 2. The SMILES string of the molecule is Cc1cc(F)cc(N(C(=O)OC(C)(C)C)c2cc(O[C@H]3CCCN(C(=O)OC(C)(C)C)C3)nc3c(C4CCC4)cnn23)c1. The second-order valence-corrected chi connectivity index (χ2v) is 13.5. The second kappa shape index (κ2) is 11.7. The number of piperidine rings is 1. The van der Waals surface area contributed by atoms with Gasteiger partial charge in [0.15, 0.2) is 11.5 Å². The molecule has 0 radical (unpaired) electrons. The zero-order chi connectivity index (χ0) is 31.1. The Balaban J connectivity index is 1.57. The molecule has 2 aliphatic rings. The van der Waals surface area contributed by atoms with Crippen LogP contribution in [0.1, 0.15) is 90.7 Å². The molecule has 11 heteroatoms. The largest absolute Gasteiger partial charge is 0.472 e. The molecule has 0 N–H and O–H groups in total. The van der Waals surface area contributed by atoms with E-state index < -0.39 is 23.1 Å². The monoisotopic (exact) mass is 595 g/mol. The van der Waals surface area contributed by atoms with Crippen LogP contribution in [0.4, 0.5) is 25.5 Å². The standard InChI is InChI=1S/C32H42FN5O5/c1-20-14-22(33)16-23(15-20)37(30(40)43-32(5,6)7)27-17-26(35-28-25(18-34-38(27)28)21-10-8-11-21)41-24-12-9-13-36(19-24)29(39)42-31(2,3)4/h14-18,21,24H,8-13,19H2,1-7H3/t24-/m0/s1. The van der Waals surface area contributed by atoms with Crippen molar-refractivity contribution in [3.8, 4) is 5.88 Å². The van der Waals surface area contributed by atoms with Crippen LogP contribution in [0.3, 0.4) is 0 Å². The van der Waals surface area contributed by atoms with Crippen molar-refractivity contribution < 1.29 is 28.2 Å². The molecule has 10 nitrogen and oxygen atoms in total. The van der Waals surface area contributed by atoms with Crippen LogP contribution in [0.15, 0.2) is 30.5 Å². The van der Waals surface area contributed by atoms with Crippen LogP contribution in [-0.4, -0.2) is 62.1 Å². The van der Waals surface area contributed by atoms with Crippen molar-refractivity contribution in [2.75, 3.05) is 18.0 Å². The molecule has 43 heavy (non-hydrogen) atoms. The smallest absolute Gasteiger partial charge is 0.420 e. The molecule has 0 bridgehead atoms. The average Bonchev–Trinajstić information content (AvgIpc) is 3.24. The predicted molar refractivity (Wildman–Crippen MR) is 161 cm³/mol. The zero-order valence-corrected chi connectivity index (χ0v) is 26.1. The molecule has 2 aromatic heterocycles. The number of hydrogen-bond acceptors (Lipinski definition) is 7. The molecule has 2 amide bonds. The number of anilines is 2. The molecule has 3 heterocycles. The molecule has 1 saturated carbocycles. The fourth-order valence-electron chi connectivity index (χ4n) is 5.35. The zero-order valence-electron chi connectivity index (χ0n) is 26.1. The van der Waals surface area contributed by atoms with Gasteiger partial charge in [0.05, 0.1) is 18.4 Å². The fourth-order valence-corrected chi connectivity index (χ4v) is 5.35. The van der Waals surface area contributed by atoms with E-state index in [0.29, 0.717) is 41.7 Å². The highest BCUT2D eigenvalue weighted by molar-refractivity contribution is 5.96. The summed E-state index contributed by atoms with van der Waals surface area (Å²) in [6, 6.07) is 6.03. The lowest BCUT2D eigenvalue weighted by Crippen LogP contribution is -2.46. The fraction of sp³-hybridized carbons (Fsp3) is 0.562. The third-order valence-electron chi connectivity index (χ3n) is 7.41. The Labute approximate surface area is 252 Å². The maximum atomic E-state index is 14.7. The summed E-state index contributed by atoms with van der Waals surface area (Å²) in [6.45, 7) is 13.5. The van der Waals surface area contributed by atoms with E-state index in [1.807, 2.05) is 20.8 Å². The number of benzene rings is 1. The first-order chi connectivity index (χ1) is 20.2. The van der Waals surface area contributed by atoms with Crippen LogP contribution in [0.2, 0.25) is 0 Å². The number of aryl methyl sites for hydroxylation is 1. The van der Waals surface area contributed by atoms with Gasteiger partial charge in [-0.15, -0.1) is 0 Å². The van der Waals surface area contributed by atoms with Gasteiger partial charge in [0.2, 0.25) is 5.88 Å². The highest BCUT2D eigenvalue weighted by Gasteiger charge is 2.33. The van der Waals surface area contributed by atoms with Gasteiger partial charge in [0.25, 0.3) is 0 Å². The van der Waals surface area contributed by atoms with Gasteiger partial charge < -0.3 is 19.1 Å². The normalized spacial score (nSPS) is 17.9. The Bertz CT molecular complexity index is 1480. The van der Waals surface area contributed by atoms with Crippen LogP contribution in [-0.2, 0) is 9.47 Å². The molecule has 232 valence electrons. The van der Waals surface area contributed by atoms with Gasteiger partial charge >= 0.3 is 12.2 Å². The van der Waals surface area contributed by atoms with Crippen LogP contribution < -0.4 is 9.64 Å². The summed E-state index contributed by atoms with van der Waals surface area (Å²) in [6.07, 6.45) is 5.00. The van der Waals surface area contributed by atoms with E-state index in [4.69, 9.17) is 19.2 Å². The molecule has 2 fully saturated rings. The number of aromatic nitrogens is 3. The first kappa shape index (κ1) is 30.6. The molecule has 1 atom stereocenters. The van der Waals surface area contributed by atoms with E-state index in [1.165, 1.54) is 17.0 Å². The van der Waals surface area contributed by atoms with Crippen LogP contribution >= 0.6 is 0 Å². The number of rotatable bonds is 5. The molecule has 1 saturated heterocycles. The highest BCUT2D eigenvalue weighted by Crippen LogP contribution is 2.40. The van der Waals surface area contributed by atoms with Gasteiger partial charge in [-0.1, -0.05) is 6.42 Å². The van der Waals surface area contributed by atoms with E-state index >= 15 is 0 Å². The molecule has 3 aromatic rings. The van der Waals surface area contributed by atoms with Gasteiger partial charge in [-0.05, 0) is 104 Å². The number of ether oxygens (including phenoxy) is 3. The lowest BCUT2D eigenvalue weighted by molar-refractivity contribution is 0.00721. The lowest BCUT2D eigenvalue weighted by Gasteiger charge is -2.34. The number of nitrogens with zero attached hydrogens (tertiary/aromatic N) is 5. The van der Waals surface area contributed by atoms with Crippen LogP contribution in [0.5, 0.6) is 5.88 Å². The molecular weight excluding hydrogens is 553 g/mol. The molecule has 5 rings (SSSR count). The van der Waals surface area contributed by atoms with E-state index in [0.717, 1.165) is 37.7 Å². The third-order valence-corrected chi connectivity index (χ3v) is 7.41. The molecule has 1 aromatic carbocycles. The topological polar surface area (TPSA) is 98.5 Å². The van der Waals surface area contributed by atoms with E-state index in [-0.39, 0.29) is 18.1 Å². The Kier molecular flexibility index (Phi) is 8.28. The minimum Gasteiger partial charge on any atom is -0.472 e. The summed E-state index contributed by atoms with van der Waals surface area (Å²) >= 11 is 0. The summed E-state index contributed by atoms with van der Waals surface area (Å²) in [5, 5.41) is 4.63. The maximum Gasteiger partial charge on any atom is 0.420 e. The Morgan fingerprint density at radius 2 is 1.70 bits per heavy atom. The van der Waals surface area contributed by atoms with Gasteiger partial charge in [-0.25, -0.2) is 18.9 Å². The van der Waals surface area contributed by atoms with Gasteiger partial charge in [-0.2, -0.15) is 14.6 Å². The van der Waals surface area contributed by atoms with E-state index in [1.54, 1.807) is 55.4 Å². The average molecular weight is 596 g/mol. The number of hydrogen-bond donors (Lipinski definition) is 0. The maximum absolute atomic E-state index is 14.7. The number of carbonyl (C=O) groups is 2. The van der Waals surface area contributed by atoms with Gasteiger partial charge in [0, 0.05) is 18.2 Å². The number of halogens is 1. The predicted octanol–water partition coefficient (Wildman–Crippen LogP) is 7.30. The number of likely N-dealkylation sites (tertiary alicyclic amines) is 1. The second-order valence-electron chi connectivity index (χ2n) is 13.5. The highest BCUT2D eigenvalue weighted by atomic mass is 19.1. The minimum absolute atomic E-state index is 0.279. The summed E-state index contributed by atoms with van der Waals surface area (Å²) in [5.41, 5.74) is 1.06. The first-order valence-electron chi connectivity index (χ1n) is 15.0. The number of carbonyl (C=O) groups excluding carboxylic acids is 2. The minimum atomic E-state index is -0.808. The van der Waals surface area contributed by atoms with Crippen LogP contribution in [0.25, 0.3) is 5.65 Å². The van der Waals surface area contributed by atoms with Crippen molar-refractivity contribution in [3.63, 3.8) is 0 Å². The third kappa shape index (κ3) is 7.19. The van der Waals surface area contributed by atoms with Gasteiger partial charge in [0.1, 0.15) is 23.1 Å². The van der Waals surface area contributed by atoms with Crippen molar-refractivity contribution in [2.24, 2.45) is 0 Å². The quantitative estimate of drug-likeness (QED) is 0.305. The number of fused-ring (bicyclic) bond motifs is 1. The van der Waals surface area contributed by atoms with Crippen molar-refractivity contribution >= 4 is 29.3 Å². The van der Waals surface area contributed by atoms with Crippen molar-refractivity contribution in [3.05, 3.63) is 47.4 Å². The Hall–Kier alpha value is -3.89. The summed E-state index contributed by atoms with van der Waals surface area (Å²) in [4.78, 5) is 34.4. The molecule has 0 unspecified atom stereocenters. The van der Waals surface area contributed by atoms with E-state index in [2.05, 4.69) is 5.10 Å². The molecule has 0 spiro atoms. The van der Waals surface area contributed by atoms with Crippen molar-refractivity contribution in [2.45, 2.75) is 104 Å². The molecule has 1 aliphatic heterocycles. The first-order valence-corrected chi connectivity index (χ1v) is 15.0. The van der Waals surface area contributed by atoms with E-state index in [9.17, 15) is 14.0 Å². The summed E-state index contributed by atoms with van der Waals surface area (Å²) < 4.78 is 34.1. The summed E-state index contributed by atoms with van der Waals surface area (Å²) in [7, 11) is 0. The Morgan fingerprint density at radius 3 is 2.33 bits per heavy atom.